The first-order valence-electron chi connectivity index (χ1n) is 6.46. The van der Waals surface area contributed by atoms with E-state index in [-0.39, 0.29) is 0 Å². The van der Waals surface area contributed by atoms with Crippen LogP contribution in [0.4, 0.5) is 0 Å². The van der Waals surface area contributed by atoms with Crippen molar-refractivity contribution in [2.45, 2.75) is 40.5 Å². The van der Waals surface area contributed by atoms with Gasteiger partial charge < -0.3 is 5.73 Å². The van der Waals surface area contributed by atoms with Crippen LogP contribution in [0.15, 0.2) is 48.2 Å². The molecule has 1 aromatic carbocycles. The summed E-state index contributed by atoms with van der Waals surface area (Å²) in [5, 5.41) is 0. The summed E-state index contributed by atoms with van der Waals surface area (Å²) in [6, 6.07) is 8.48. The van der Waals surface area contributed by atoms with Crippen LogP contribution in [0.2, 0.25) is 0 Å². The number of hydrogen-bond acceptors (Lipinski definition) is 1. The van der Waals surface area contributed by atoms with E-state index in [1.165, 1.54) is 11.1 Å². The van der Waals surface area contributed by atoms with Crippen LogP contribution < -0.4 is 5.73 Å². The van der Waals surface area contributed by atoms with Crippen molar-refractivity contribution in [2.75, 3.05) is 0 Å². The molecule has 2 rings (SSSR count). The second kappa shape index (κ2) is 5.90. The minimum atomic E-state index is 0.329. The lowest BCUT2D eigenvalue weighted by Gasteiger charge is -2.29. The van der Waals surface area contributed by atoms with Gasteiger partial charge in [-0.25, -0.2) is 0 Å². The summed E-state index contributed by atoms with van der Waals surface area (Å²) < 4.78 is 0. The maximum atomic E-state index is 5.70. The van der Waals surface area contributed by atoms with Crippen LogP contribution in [0.25, 0.3) is 0 Å². The number of benzene rings is 1. The van der Waals surface area contributed by atoms with Crippen molar-refractivity contribution in [3.8, 4) is 0 Å². The number of allylic oxidation sites excluding steroid dienone is 3. The molecule has 1 aliphatic carbocycles. The molecule has 18 heavy (non-hydrogen) atoms. The molecule has 0 saturated carbocycles. The highest BCUT2D eigenvalue weighted by molar-refractivity contribution is 5.25. The maximum absolute atomic E-state index is 5.70. The first-order chi connectivity index (χ1) is 8.28. The zero-order valence-corrected chi connectivity index (χ0v) is 12.1. The second-order valence-electron chi connectivity index (χ2n) is 6.05. The average Bonchev–Trinajstić information content (AvgIpc) is 2.19. The van der Waals surface area contributed by atoms with Crippen LogP contribution in [0.3, 0.4) is 0 Å². The molecule has 0 heterocycles. The zero-order valence-electron chi connectivity index (χ0n) is 12.1. The van der Waals surface area contributed by atoms with Crippen molar-refractivity contribution in [1.82, 2.24) is 0 Å². The minimum absolute atomic E-state index is 0.329. The van der Waals surface area contributed by atoms with E-state index in [4.69, 9.17) is 5.73 Å². The van der Waals surface area contributed by atoms with E-state index in [0.717, 1.165) is 24.1 Å². The molecule has 2 N–H and O–H groups in total. The van der Waals surface area contributed by atoms with Gasteiger partial charge in [0.25, 0.3) is 0 Å². The Morgan fingerprint density at radius 1 is 1.00 bits per heavy atom. The number of nitrogens with two attached hydrogens (primary N) is 1. The van der Waals surface area contributed by atoms with Crippen LogP contribution in [0.5, 0.6) is 0 Å². The van der Waals surface area contributed by atoms with E-state index in [0.29, 0.717) is 5.41 Å². The van der Waals surface area contributed by atoms with E-state index in [1.807, 2.05) is 6.08 Å². The monoisotopic (exact) mass is 243 g/mol. The van der Waals surface area contributed by atoms with E-state index in [9.17, 15) is 0 Å². The molecular formula is C17H25N. The fourth-order valence-corrected chi connectivity index (χ4v) is 2.23. The summed E-state index contributed by atoms with van der Waals surface area (Å²) in [4.78, 5) is 0. The molecule has 98 valence electrons. The lowest BCUT2D eigenvalue weighted by molar-refractivity contribution is 0.350. The summed E-state index contributed by atoms with van der Waals surface area (Å²) in [7, 11) is 0. The van der Waals surface area contributed by atoms with Gasteiger partial charge in [0, 0.05) is 5.70 Å². The van der Waals surface area contributed by atoms with Gasteiger partial charge in [-0.15, -0.1) is 0 Å². The molecule has 0 aliphatic heterocycles. The second-order valence-corrected chi connectivity index (χ2v) is 6.05. The molecule has 0 saturated heterocycles. The van der Waals surface area contributed by atoms with Gasteiger partial charge in [-0.1, -0.05) is 61.4 Å². The molecule has 0 radical (unpaired) electrons. The molecule has 0 fully saturated rings. The van der Waals surface area contributed by atoms with E-state index >= 15 is 0 Å². The van der Waals surface area contributed by atoms with Crippen LogP contribution in [-0.2, 0) is 0 Å². The van der Waals surface area contributed by atoms with Gasteiger partial charge in [-0.05, 0) is 38.2 Å². The van der Waals surface area contributed by atoms with Crippen LogP contribution in [0.1, 0.15) is 37.8 Å². The van der Waals surface area contributed by atoms with Gasteiger partial charge in [0.1, 0.15) is 0 Å². The Labute approximate surface area is 111 Å². The van der Waals surface area contributed by atoms with Crippen LogP contribution in [-0.4, -0.2) is 0 Å². The number of rotatable bonds is 0. The van der Waals surface area contributed by atoms with E-state index < -0.39 is 0 Å². The minimum Gasteiger partial charge on any atom is -0.402 e. The van der Waals surface area contributed by atoms with Crippen molar-refractivity contribution < 1.29 is 0 Å². The Morgan fingerprint density at radius 3 is 1.78 bits per heavy atom. The maximum Gasteiger partial charge on any atom is 0.00885 e. The fraction of sp³-hybridized carbons (Fsp3) is 0.412. The predicted molar refractivity (Wildman–Crippen MR) is 80.3 cm³/mol. The fourth-order valence-electron chi connectivity index (χ4n) is 2.23. The summed E-state index contributed by atoms with van der Waals surface area (Å²) in [6.07, 6.45) is 4.07. The third kappa shape index (κ3) is 5.22. The van der Waals surface area contributed by atoms with Gasteiger partial charge in [0.2, 0.25) is 0 Å². The third-order valence-corrected chi connectivity index (χ3v) is 3.00. The van der Waals surface area contributed by atoms with Crippen molar-refractivity contribution in [2.24, 2.45) is 11.1 Å². The largest absolute Gasteiger partial charge is 0.402 e. The van der Waals surface area contributed by atoms with Gasteiger partial charge in [-0.2, -0.15) is 0 Å². The van der Waals surface area contributed by atoms with Gasteiger partial charge in [0.05, 0.1) is 0 Å². The summed E-state index contributed by atoms with van der Waals surface area (Å²) >= 11 is 0. The van der Waals surface area contributed by atoms with Crippen molar-refractivity contribution >= 4 is 0 Å². The molecular weight excluding hydrogens is 218 g/mol. The molecule has 1 heteroatoms. The van der Waals surface area contributed by atoms with Crippen molar-refractivity contribution in [3.63, 3.8) is 0 Å². The summed E-state index contributed by atoms with van der Waals surface area (Å²) in [5.41, 5.74) is 10.8. The van der Waals surface area contributed by atoms with E-state index in [1.54, 1.807) is 0 Å². The van der Waals surface area contributed by atoms with Gasteiger partial charge >= 0.3 is 0 Å². The lowest BCUT2D eigenvalue weighted by atomic mass is 9.78. The smallest absolute Gasteiger partial charge is 0.00885 e. The van der Waals surface area contributed by atoms with Crippen molar-refractivity contribution in [3.05, 3.63) is 59.3 Å². The van der Waals surface area contributed by atoms with Crippen molar-refractivity contribution in [1.29, 1.82) is 0 Å². The number of hydrogen-bond donors (Lipinski definition) is 1. The predicted octanol–water partition coefficient (Wildman–Crippen LogP) is 4.51. The molecule has 1 aliphatic rings. The lowest BCUT2D eigenvalue weighted by Crippen LogP contribution is -2.20. The molecule has 1 aromatic rings. The molecule has 0 spiro atoms. The average molecular weight is 243 g/mol. The molecule has 1 nitrogen and oxygen atoms in total. The van der Waals surface area contributed by atoms with Crippen LogP contribution >= 0.6 is 0 Å². The third-order valence-electron chi connectivity index (χ3n) is 3.00. The molecule has 0 atom stereocenters. The summed E-state index contributed by atoms with van der Waals surface area (Å²) in [6.45, 7) is 12.5. The Balaban J connectivity index is 0.000000184. The molecule has 0 aromatic heterocycles. The Morgan fingerprint density at radius 2 is 1.44 bits per heavy atom. The topological polar surface area (TPSA) is 26.0 Å². The first-order valence-corrected chi connectivity index (χ1v) is 6.46. The highest BCUT2D eigenvalue weighted by atomic mass is 14.6. The van der Waals surface area contributed by atoms with Crippen LogP contribution in [0, 0.1) is 19.3 Å². The molecule has 0 bridgehead atoms. The standard InChI is InChI=1S/C9H15N.C8H10/c1-7-4-8(10)6-9(2,3)5-7;1-7-3-5-8(2)6-4-7/h4H,1,5-6,10H2,2-3H3;3-6H,1-2H3. The highest BCUT2D eigenvalue weighted by Crippen LogP contribution is 2.35. The highest BCUT2D eigenvalue weighted by Gasteiger charge is 2.22. The first kappa shape index (κ1) is 14.6. The molecule has 0 amide bonds. The normalized spacial score (nSPS) is 17.6. The SMILES string of the molecule is C=C1C=C(N)CC(C)(C)C1.Cc1ccc(C)cc1. The Kier molecular flexibility index (Phi) is 4.77. The zero-order chi connectivity index (χ0) is 13.8. The van der Waals surface area contributed by atoms with Gasteiger partial charge in [0.15, 0.2) is 0 Å². The number of aryl methyl sites for hydroxylation is 2. The van der Waals surface area contributed by atoms with E-state index in [2.05, 4.69) is 58.5 Å². The van der Waals surface area contributed by atoms with Gasteiger partial charge in [-0.3, -0.25) is 0 Å². The quantitative estimate of drug-likeness (QED) is 0.713. The Bertz CT molecular complexity index is 414. The summed E-state index contributed by atoms with van der Waals surface area (Å²) in [5.74, 6) is 0. The Hall–Kier alpha value is -1.50. The molecule has 0 unspecified atom stereocenters.